The van der Waals surface area contributed by atoms with Gasteiger partial charge in [0.1, 0.15) is 5.75 Å². The fourth-order valence-electron chi connectivity index (χ4n) is 3.61. The molecular formula is C23H24O3. The summed E-state index contributed by atoms with van der Waals surface area (Å²) in [6.07, 6.45) is 8.73. The Morgan fingerprint density at radius 2 is 1.62 bits per heavy atom. The largest absolute Gasteiger partial charge is 0.508 e. The first-order valence-corrected chi connectivity index (χ1v) is 9.08. The zero-order valence-electron chi connectivity index (χ0n) is 15.0. The lowest BCUT2D eigenvalue weighted by Gasteiger charge is -2.21. The Balaban J connectivity index is 2.06. The highest BCUT2D eigenvalue weighted by atomic mass is 16.4. The van der Waals surface area contributed by atoms with E-state index in [1.807, 2.05) is 25.1 Å². The van der Waals surface area contributed by atoms with Gasteiger partial charge < -0.3 is 10.2 Å². The van der Waals surface area contributed by atoms with Crippen LogP contribution in [0.15, 0.2) is 54.1 Å². The summed E-state index contributed by atoms with van der Waals surface area (Å²) in [5.74, 6) is -0.672. The molecule has 1 fully saturated rings. The Bertz CT molecular complexity index is 850. The number of hydrogen-bond donors (Lipinski definition) is 2. The van der Waals surface area contributed by atoms with E-state index < -0.39 is 5.97 Å². The van der Waals surface area contributed by atoms with Gasteiger partial charge in [-0.1, -0.05) is 42.3 Å². The number of carbonyl (C=O) groups is 1. The van der Waals surface area contributed by atoms with Gasteiger partial charge in [-0.05, 0) is 78.6 Å². The summed E-state index contributed by atoms with van der Waals surface area (Å²) in [7, 11) is 0. The van der Waals surface area contributed by atoms with Gasteiger partial charge in [-0.2, -0.15) is 0 Å². The van der Waals surface area contributed by atoms with Gasteiger partial charge in [-0.15, -0.1) is 0 Å². The molecule has 0 atom stereocenters. The number of aryl methyl sites for hydroxylation is 1. The smallest absolute Gasteiger partial charge is 0.328 e. The number of aliphatic carboxylic acids is 1. The summed E-state index contributed by atoms with van der Waals surface area (Å²) in [5, 5.41) is 18.5. The quantitative estimate of drug-likeness (QED) is 0.711. The predicted molar refractivity (Wildman–Crippen MR) is 105 cm³/mol. The topological polar surface area (TPSA) is 57.5 Å². The third-order valence-electron chi connectivity index (χ3n) is 4.93. The van der Waals surface area contributed by atoms with Gasteiger partial charge in [0.25, 0.3) is 0 Å². The van der Waals surface area contributed by atoms with Crippen LogP contribution in [-0.4, -0.2) is 16.2 Å². The monoisotopic (exact) mass is 348 g/mol. The molecule has 26 heavy (non-hydrogen) atoms. The summed E-state index contributed by atoms with van der Waals surface area (Å²) in [6.45, 7) is 2.00. The second kappa shape index (κ2) is 8.05. The van der Waals surface area contributed by atoms with E-state index in [-0.39, 0.29) is 5.75 Å². The van der Waals surface area contributed by atoms with Crippen molar-refractivity contribution in [2.24, 2.45) is 0 Å². The Morgan fingerprint density at radius 1 is 0.962 bits per heavy atom. The molecule has 3 heteroatoms. The molecule has 1 aliphatic carbocycles. The maximum Gasteiger partial charge on any atom is 0.328 e. The SMILES string of the molecule is Cc1cc(C(=C2CCCCC2)c2ccc(O)cc2)ccc1/C=C/C(=O)O. The molecule has 3 rings (SSSR count). The van der Waals surface area contributed by atoms with Crippen LogP contribution in [0.2, 0.25) is 0 Å². The van der Waals surface area contributed by atoms with E-state index in [9.17, 15) is 9.90 Å². The Hall–Kier alpha value is -2.81. The van der Waals surface area contributed by atoms with Crippen molar-refractivity contribution in [3.63, 3.8) is 0 Å². The number of hydrogen-bond acceptors (Lipinski definition) is 2. The molecule has 0 saturated heterocycles. The normalized spacial score (nSPS) is 14.6. The summed E-state index contributed by atoms with van der Waals surface area (Å²) in [5.41, 5.74) is 6.95. The molecule has 0 radical (unpaired) electrons. The molecule has 0 heterocycles. The Morgan fingerprint density at radius 3 is 2.23 bits per heavy atom. The number of phenols is 1. The molecule has 0 aromatic heterocycles. The van der Waals surface area contributed by atoms with Crippen molar-refractivity contribution in [1.82, 2.24) is 0 Å². The summed E-state index contributed by atoms with van der Waals surface area (Å²) in [6, 6.07) is 13.6. The molecular weight excluding hydrogens is 324 g/mol. The number of aromatic hydroxyl groups is 1. The number of carboxylic acids is 1. The lowest BCUT2D eigenvalue weighted by molar-refractivity contribution is -0.131. The summed E-state index contributed by atoms with van der Waals surface area (Å²) < 4.78 is 0. The van der Waals surface area contributed by atoms with Gasteiger partial charge in [0.05, 0.1) is 0 Å². The molecule has 3 nitrogen and oxygen atoms in total. The van der Waals surface area contributed by atoms with Crippen LogP contribution in [-0.2, 0) is 4.79 Å². The predicted octanol–water partition coefficient (Wildman–Crippen LogP) is 5.56. The number of rotatable bonds is 4. The van der Waals surface area contributed by atoms with Gasteiger partial charge >= 0.3 is 5.97 Å². The molecule has 0 bridgehead atoms. The van der Waals surface area contributed by atoms with Crippen molar-refractivity contribution in [3.8, 4) is 5.75 Å². The highest BCUT2D eigenvalue weighted by Crippen LogP contribution is 2.36. The van der Waals surface area contributed by atoms with Crippen molar-refractivity contribution in [2.45, 2.75) is 39.0 Å². The number of carboxylic acid groups (broad SMARTS) is 1. The van der Waals surface area contributed by atoms with Crippen molar-refractivity contribution in [1.29, 1.82) is 0 Å². The van der Waals surface area contributed by atoms with Crippen LogP contribution < -0.4 is 0 Å². The highest BCUT2D eigenvalue weighted by Gasteiger charge is 2.15. The van der Waals surface area contributed by atoms with Crippen molar-refractivity contribution >= 4 is 17.6 Å². The molecule has 0 aliphatic heterocycles. The highest BCUT2D eigenvalue weighted by molar-refractivity contribution is 5.86. The van der Waals surface area contributed by atoms with Crippen LogP contribution in [0.1, 0.15) is 54.4 Å². The van der Waals surface area contributed by atoms with Crippen molar-refractivity contribution < 1.29 is 15.0 Å². The van der Waals surface area contributed by atoms with Crippen molar-refractivity contribution in [2.75, 3.05) is 0 Å². The minimum Gasteiger partial charge on any atom is -0.508 e. The molecule has 2 aromatic carbocycles. The first kappa shape index (κ1) is 18.0. The van der Waals surface area contributed by atoms with E-state index in [1.54, 1.807) is 18.2 Å². The second-order valence-electron chi connectivity index (χ2n) is 6.83. The standard InChI is InChI=1S/C23H24O3/c1-16-15-20(8-7-17(16)11-14-22(25)26)23(18-5-3-2-4-6-18)19-9-12-21(24)13-10-19/h7-15,24H,2-6H2,1H3,(H,25,26)/b14-11+. The summed E-state index contributed by atoms with van der Waals surface area (Å²) >= 11 is 0. The van der Waals surface area contributed by atoms with E-state index in [0.29, 0.717) is 0 Å². The second-order valence-corrected chi connectivity index (χ2v) is 6.83. The fourth-order valence-corrected chi connectivity index (χ4v) is 3.61. The van der Waals surface area contributed by atoms with E-state index in [4.69, 9.17) is 5.11 Å². The molecule has 0 amide bonds. The van der Waals surface area contributed by atoms with Crippen LogP contribution in [0.4, 0.5) is 0 Å². The third kappa shape index (κ3) is 4.23. The van der Waals surface area contributed by atoms with Gasteiger partial charge in [-0.25, -0.2) is 4.79 Å². The van der Waals surface area contributed by atoms with E-state index in [2.05, 4.69) is 12.1 Å². The fraction of sp³-hybridized carbons (Fsp3) is 0.261. The molecule has 2 N–H and O–H groups in total. The molecule has 1 aliphatic rings. The molecule has 0 unspecified atom stereocenters. The molecule has 0 spiro atoms. The van der Waals surface area contributed by atoms with Gasteiger partial charge in [0.15, 0.2) is 0 Å². The maximum atomic E-state index is 10.8. The minimum absolute atomic E-state index is 0.270. The lowest BCUT2D eigenvalue weighted by Crippen LogP contribution is -2.01. The van der Waals surface area contributed by atoms with Gasteiger partial charge in [-0.3, -0.25) is 0 Å². The van der Waals surface area contributed by atoms with E-state index >= 15 is 0 Å². The zero-order valence-corrected chi connectivity index (χ0v) is 15.0. The lowest BCUT2D eigenvalue weighted by atomic mass is 9.84. The van der Waals surface area contributed by atoms with Crippen LogP contribution in [0.25, 0.3) is 11.6 Å². The van der Waals surface area contributed by atoms with E-state index in [1.165, 1.54) is 36.5 Å². The first-order chi connectivity index (χ1) is 12.5. The van der Waals surface area contributed by atoms with Gasteiger partial charge in [0, 0.05) is 6.08 Å². The van der Waals surface area contributed by atoms with Crippen LogP contribution in [0.5, 0.6) is 5.75 Å². The Kier molecular flexibility index (Phi) is 5.57. The van der Waals surface area contributed by atoms with E-state index in [0.717, 1.165) is 35.1 Å². The Labute approximate surface area is 154 Å². The van der Waals surface area contributed by atoms with Crippen LogP contribution >= 0.6 is 0 Å². The van der Waals surface area contributed by atoms with Crippen LogP contribution in [0.3, 0.4) is 0 Å². The average molecular weight is 348 g/mol. The third-order valence-corrected chi connectivity index (χ3v) is 4.93. The average Bonchev–Trinajstić information content (AvgIpc) is 2.64. The van der Waals surface area contributed by atoms with Gasteiger partial charge in [0.2, 0.25) is 0 Å². The maximum absolute atomic E-state index is 10.8. The molecule has 134 valence electrons. The van der Waals surface area contributed by atoms with Crippen LogP contribution in [0, 0.1) is 6.92 Å². The molecule has 2 aromatic rings. The van der Waals surface area contributed by atoms with Crippen molar-refractivity contribution in [3.05, 3.63) is 76.4 Å². The summed E-state index contributed by atoms with van der Waals surface area (Å²) in [4.78, 5) is 10.8. The zero-order chi connectivity index (χ0) is 18.5. The molecule has 1 saturated carbocycles. The number of benzene rings is 2. The minimum atomic E-state index is -0.942. The number of allylic oxidation sites excluding steroid dienone is 1. The first-order valence-electron chi connectivity index (χ1n) is 9.08. The number of phenolic OH excluding ortho intramolecular Hbond substituents is 1.